The molecule has 0 fully saturated rings. The first-order chi connectivity index (χ1) is 14.4. The maximum absolute atomic E-state index is 12.8. The zero-order chi connectivity index (χ0) is 21.6. The second-order valence-corrected chi connectivity index (χ2v) is 8.55. The number of amides is 1. The molecule has 0 heterocycles. The summed E-state index contributed by atoms with van der Waals surface area (Å²) in [6.45, 7) is 0.291. The van der Waals surface area contributed by atoms with E-state index in [9.17, 15) is 13.2 Å². The molecule has 6 heteroatoms. The lowest BCUT2D eigenvalue weighted by Crippen LogP contribution is -2.27. The third kappa shape index (κ3) is 5.15. The summed E-state index contributed by atoms with van der Waals surface area (Å²) in [6, 6.07) is 24.0. The van der Waals surface area contributed by atoms with E-state index in [1.54, 1.807) is 24.1 Å². The lowest BCUT2D eigenvalue weighted by atomic mass is 10.0. The Bertz CT molecular complexity index is 1170. The summed E-state index contributed by atoms with van der Waals surface area (Å²) in [5.41, 5.74) is 3.50. The molecule has 3 aromatic rings. The summed E-state index contributed by atoms with van der Waals surface area (Å²) in [4.78, 5) is 14.4. The molecule has 3 rings (SSSR count). The molecule has 0 aliphatic carbocycles. The molecule has 0 aromatic heterocycles. The molecule has 1 N–H and O–H groups in total. The van der Waals surface area contributed by atoms with Gasteiger partial charge in [-0.1, -0.05) is 66.6 Å². The van der Waals surface area contributed by atoms with E-state index in [2.05, 4.69) is 10.6 Å². The maximum atomic E-state index is 12.8. The van der Waals surface area contributed by atoms with E-state index < -0.39 is 10.0 Å². The summed E-state index contributed by atoms with van der Waals surface area (Å²) in [7, 11) is -2.07. The molecule has 5 nitrogen and oxygen atoms in total. The third-order valence-electron chi connectivity index (χ3n) is 4.58. The van der Waals surface area contributed by atoms with Crippen LogP contribution in [-0.2, 0) is 16.6 Å². The van der Waals surface area contributed by atoms with Crippen LogP contribution in [0.3, 0.4) is 0 Å². The van der Waals surface area contributed by atoms with Crippen molar-refractivity contribution in [3.05, 3.63) is 90.0 Å². The molecule has 0 saturated heterocycles. The van der Waals surface area contributed by atoms with Gasteiger partial charge in [-0.25, -0.2) is 8.42 Å². The Balaban J connectivity index is 1.72. The minimum Gasteiger partial charge on any atom is -0.337 e. The number of sulfonamides is 1. The number of rotatable bonds is 7. The highest BCUT2D eigenvalue weighted by Gasteiger charge is 2.17. The smallest absolute Gasteiger partial charge is 0.253 e. The maximum Gasteiger partial charge on any atom is 0.253 e. The van der Waals surface area contributed by atoms with Crippen LogP contribution in [-0.4, -0.2) is 32.8 Å². The van der Waals surface area contributed by atoms with E-state index >= 15 is 0 Å². The van der Waals surface area contributed by atoms with Crippen LogP contribution in [0.2, 0.25) is 0 Å². The van der Waals surface area contributed by atoms with Crippen LogP contribution < -0.4 is 4.72 Å². The van der Waals surface area contributed by atoms with Crippen LogP contribution in [0.5, 0.6) is 0 Å². The van der Waals surface area contributed by atoms with Gasteiger partial charge in [0.05, 0.1) is 11.4 Å². The second-order valence-electron chi connectivity index (χ2n) is 6.78. The topological polar surface area (TPSA) is 66.5 Å². The van der Waals surface area contributed by atoms with Crippen LogP contribution in [0.25, 0.3) is 11.1 Å². The molecule has 0 aliphatic rings. The van der Waals surface area contributed by atoms with Crippen molar-refractivity contribution in [2.45, 2.75) is 11.4 Å². The molecular weight excluding hydrogens is 396 g/mol. The van der Waals surface area contributed by atoms with Crippen molar-refractivity contribution in [2.24, 2.45) is 0 Å². The van der Waals surface area contributed by atoms with E-state index in [1.807, 2.05) is 54.6 Å². The number of nitrogens with one attached hydrogen (secondary N) is 1. The van der Waals surface area contributed by atoms with Crippen molar-refractivity contribution in [1.82, 2.24) is 9.62 Å². The molecule has 30 heavy (non-hydrogen) atoms. The highest BCUT2D eigenvalue weighted by Crippen LogP contribution is 2.20. The number of hydrogen-bond acceptors (Lipinski definition) is 3. The number of nitrogens with zero attached hydrogens (tertiary/aromatic N) is 1. The highest BCUT2D eigenvalue weighted by molar-refractivity contribution is 7.89. The van der Waals surface area contributed by atoms with Crippen molar-refractivity contribution in [1.29, 1.82) is 0 Å². The van der Waals surface area contributed by atoms with Crippen LogP contribution >= 0.6 is 0 Å². The van der Waals surface area contributed by atoms with Gasteiger partial charge in [0.2, 0.25) is 10.0 Å². The second kappa shape index (κ2) is 9.40. The number of benzene rings is 3. The Hall–Kier alpha value is -3.40. The van der Waals surface area contributed by atoms with E-state index in [4.69, 9.17) is 6.42 Å². The zero-order valence-corrected chi connectivity index (χ0v) is 17.4. The Labute approximate surface area is 177 Å². The van der Waals surface area contributed by atoms with Crippen LogP contribution in [0.1, 0.15) is 15.9 Å². The van der Waals surface area contributed by atoms with E-state index in [0.717, 1.165) is 16.7 Å². The van der Waals surface area contributed by atoms with Crippen molar-refractivity contribution in [3.8, 4) is 23.5 Å². The first kappa shape index (κ1) is 21.3. The van der Waals surface area contributed by atoms with Gasteiger partial charge in [0.15, 0.2) is 0 Å². The van der Waals surface area contributed by atoms with Gasteiger partial charge in [-0.05, 0) is 34.9 Å². The van der Waals surface area contributed by atoms with Gasteiger partial charge in [0.25, 0.3) is 5.91 Å². The minimum atomic E-state index is -3.76. The normalized spacial score (nSPS) is 10.9. The molecule has 152 valence electrons. The molecule has 0 spiro atoms. The van der Waals surface area contributed by atoms with Crippen molar-refractivity contribution >= 4 is 15.9 Å². The van der Waals surface area contributed by atoms with Crippen molar-refractivity contribution < 1.29 is 13.2 Å². The van der Waals surface area contributed by atoms with Crippen LogP contribution in [0, 0.1) is 12.3 Å². The summed E-state index contributed by atoms with van der Waals surface area (Å²) in [5.74, 6) is 1.96. The van der Waals surface area contributed by atoms with Gasteiger partial charge in [-0.15, -0.1) is 6.42 Å². The minimum absolute atomic E-state index is 0.00390. The highest BCUT2D eigenvalue weighted by atomic mass is 32.2. The third-order valence-corrected chi connectivity index (χ3v) is 5.98. The molecule has 0 unspecified atom stereocenters. The summed E-state index contributed by atoms with van der Waals surface area (Å²) in [5, 5.41) is 0. The Kier molecular flexibility index (Phi) is 6.68. The zero-order valence-electron chi connectivity index (χ0n) is 16.6. The SMILES string of the molecule is C#CCNS(=O)(=O)c1cccc(C(=O)N(C)Cc2ccc(-c3ccccc3)cc2)c1. The summed E-state index contributed by atoms with van der Waals surface area (Å²) in [6.07, 6.45) is 5.11. The van der Waals surface area contributed by atoms with Crippen molar-refractivity contribution in [2.75, 3.05) is 13.6 Å². The molecule has 0 atom stereocenters. The molecule has 3 aromatic carbocycles. The molecular formula is C24H22N2O3S. The number of terminal acetylenes is 1. The fraction of sp³-hybridized carbons (Fsp3) is 0.125. The lowest BCUT2D eigenvalue weighted by molar-refractivity contribution is 0.0785. The van der Waals surface area contributed by atoms with E-state index in [1.165, 1.54) is 12.1 Å². The van der Waals surface area contributed by atoms with Gasteiger partial charge >= 0.3 is 0 Å². The summed E-state index contributed by atoms with van der Waals surface area (Å²) < 4.78 is 26.8. The van der Waals surface area contributed by atoms with Crippen LogP contribution in [0.15, 0.2) is 83.8 Å². The first-order valence-corrected chi connectivity index (χ1v) is 10.8. The fourth-order valence-electron chi connectivity index (χ4n) is 3.02. The first-order valence-electron chi connectivity index (χ1n) is 9.34. The average Bonchev–Trinajstić information content (AvgIpc) is 2.78. The van der Waals surface area contributed by atoms with Gasteiger partial charge < -0.3 is 4.90 Å². The predicted octanol–water partition coefficient (Wildman–Crippen LogP) is 3.54. The Morgan fingerprint density at radius 1 is 0.967 bits per heavy atom. The number of hydrogen-bond donors (Lipinski definition) is 1. The van der Waals surface area contributed by atoms with E-state index in [-0.39, 0.29) is 17.3 Å². The van der Waals surface area contributed by atoms with Gasteiger partial charge in [0, 0.05) is 19.2 Å². The van der Waals surface area contributed by atoms with Crippen molar-refractivity contribution in [3.63, 3.8) is 0 Å². The lowest BCUT2D eigenvalue weighted by Gasteiger charge is -2.18. The average molecular weight is 419 g/mol. The van der Waals surface area contributed by atoms with Gasteiger partial charge in [0.1, 0.15) is 0 Å². The largest absolute Gasteiger partial charge is 0.337 e. The molecule has 0 bridgehead atoms. The Morgan fingerprint density at radius 3 is 2.30 bits per heavy atom. The molecule has 0 radical (unpaired) electrons. The van der Waals surface area contributed by atoms with Crippen LogP contribution in [0.4, 0.5) is 0 Å². The fourth-order valence-corrected chi connectivity index (χ4v) is 4.00. The standard InChI is InChI=1S/C24H22N2O3S/c1-3-16-25-30(28,29)23-11-7-10-22(17-23)24(27)26(2)18-19-12-14-21(15-13-19)20-8-5-4-6-9-20/h1,4-15,17,25H,16,18H2,2H3. The van der Waals surface area contributed by atoms with E-state index in [0.29, 0.717) is 12.1 Å². The predicted molar refractivity (Wildman–Crippen MR) is 118 cm³/mol. The number of carbonyl (C=O) groups excluding carboxylic acids is 1. The monoisotopic (exact) mass is 418 g/mol. The molecule has 0 saturated carbocycles. The van der Waals surface area contributed by atoms with Gasteiger partial charge in [-0.2, -0.15) is 4.72 Å². The molecule has 0 aliphatic heterocycles. The van der Waals surface area contributed by atoms with Gasteiger partial charge in [-0.3, -0.25) is 4.79 Å². The number of carbonyl (C=O) groups is 1. The quantitative estimate of drug-likeness (QED) is 0.597. The summed E-state index contributed by atoms with van der Waals surface area (Å²) >= 11 is 0. The molecule has 1 amide bonds. The Morgan fingerprint density at radius 2 is 1.63 bits per heavy atom.